The van der Waals surface area contributed by atoms with Crippen LogP contribution < -0.4 is 14.8 Å². The van der Waals surface area contributed by atoms with Gasteiger partial charge in [-0.2, -0.15) is 0 Å². The number of nitrogens with zero attached hydrogens (tertiary/aromatic N) is 4. The fourth-order valence-corrected chi connectivity index (χ4v) is 5.89. The smallest absolute Gasteiger partial charge is 0.274 e. The van der Waals surface area contributed by atoms with Gasteiger partial charge in [0.25, 0.3) is 11.7 Å². The van der Waals surface area contributed by atoms with Crippen LogP contribution in [0.2, 0.25) is 0 Å². The first kappa shape index (κ1) is 20.2. The van der Waals surface area contributed by atoms with E-state index in [1.165, 1.54) is 11.3 Å². The number of H-pyrrole nitrogens is 1. The zero-order valence-electron chi connectivity index (χ0n) is 18.4. The van der Waals surface area contributed by atoms with Crippen LogP contribution in [0.3, 0.4) is 0 Å². The Morgan fingerprint density at radius 1 is 0.909 bits per heavy atom. The van der Waals surface area contributed by atoms with Gasteiger partial charge in [-0.05, 0) is 42.7 Å². The number of anilines is 3. The predicted molar refractivity (Wildman–Crippen MR) is 133 cm³/mol. The van der Waals surface area contributed by atoms with E-state index in [0.717, 1.165) is 53.6 Å². The molecule has 0 aliphatic carbocycles. The minimum atomic E-state index is 0.0770. The Morgan fingerprint density at radius 3 is 2.61 bits per heavy atom. The van der Waals surface area contributed by atoms with E-state index in [-0.39, 0.29) is 5.91 Å². The van der Waals surface area contributed by atoms with Crippen LogP contribution in [0, 0.1) is 0 Å². The van der Waals surface area contributed by atoms with Crippen molar-refractivity contribution in [3.05, 3.63) is 78.0 Å². The molecule has 2 aliphatic heterocycles. The van der Waals surface area contributed by atoms with Crippen molar-refractivity contribution >= 4 is 44.1 Å². The van der Waals surface area contributed by atoms with Crippen molar-refractivity contribution in [3.63, 3.8) is 0 Å². The summed E-state index contributed by atoms with van der Waals surface area (Å²) >= 11 is 1.67. The van der Waals surface area contributed by atoms with Crippen molar-refractivity contribution in [2.45, 2.75) is 12.8 Å². The first-order chi connectivity index (χ1) is 16.3. The van der Waals surface area contributed by atoms with Gasteiger partial charge in [0, 0.05) is 18.3 Å². The number of carbonyl (C=O) groups excluding carboxylic acids is 1. The Morgan fingerprint density at radius 2 is 1.76 bits per heavy atom. The summed E-state index contributed by atoms with van der Waals surface area (Å²) in [6.07, 6.45) is 4.16. The molecule has 0 unspecified atom stereocenters. The number of para-hydroxylation sites is 2. The fraction of sp³-hybridized carbons (Fsp3) is 0.269. The molecule has 2 aromatic carbocycles. The Bertz CT molecular complexity index is 1300. The van der Waals surface area contributed by atoms with Crippen LogP contribution in [0.1, 0.15) is 22.3 Å². The standard InChI is InChI=1S/C26H25N5OS/c32-25(30-17-15-29(16-18-30)23-12-3-4-13-27-23)20-9-5-11-22-24(20)28-26(33-22)31-14-6-8-19-7-1-2-10-21(19)31/h1-5,7,9-13H,6,8,14-18H2/p+1. The summed E-state index contributed by atoms with van der Waals surface area (Å²) in [6.45, 7) is 3.99. The lowest BCUT2D eigenvalue weighted by molar-refractivity contribution is -0.364. The first-order valence-corrected chi connectivity index (χ1v) is 12.4. The van der Waals surface area contributed by atoms with Gasteiger partial charge in [-0.15, -0.1) is 0 Å². The van der Waals surface area contributed by atoms with Gasteiger partial charge in [-0.25, -0.2) is 9.97 Å². The van der Waals surface area contributed by atoms with E-state index in [1.807, 2.05) is 35.4 Å². The number of nitrogens with one attached hydrogen (secondary N) is 1. The lowest BCUT2D eigenvalue weighted by Gasteiger charge is -2.31. The summed E-state index contributed by atoms with van der Waals surface area (Å²) in [5, 5.41) is 0.974. The van der Waals surface area contributed by atoms with Crippen LogP contribution >= 0.6 is 11.3 Å². The minimum absolute atomic E-state index is 0.0770. The van der Waals surface area contributed by atoms with Crippen molar-refractivity contribution in [2.75, 3.05) is 42.5 Å². The molecule has 0 saturated carbocycles. The summed E-state index contributed by atoms with van der Waals surface area (Å²) in [4.78, 5) is 28.3. The number of thiazole rings is 1. The molecule has 1 fully saturated rings. The molecule has 0 spiro atoms. The number of hydrogen-bond donors (Lipinski definition) is 0. The van der Waals surface area contributed by atoms with Crippen molar-refractivity contribution in [1.82, 2.24) is 9.88 Å². The Hall–Kier alpha value is -3.45. The number of hydrogen-bond acceptors (Lipinski definition) is 5. The monoisotopic (exact) mass is 456 g/mol. The van der Waals surface area contributed by atoms with E-state index in [9.17, 15) is 4.79 Å². The number of amides is 1. The summed E-state index contributed by atoms with van der Waals surface area (Å²) in [5.74, 6) is 1.17. The average Bonchev–Trinajstić information content (AvgIpc) is 3.33. The van der Waals surface area contributed by atoms with Crippen LogP contribution in [-0.4, -0.2) is 48.5 Å². The van der Waals surface area contributed by atoms with Gasteiger partial charge in [-0.3, -0.25) is 9.69 Å². The van der Waals surface area contributed by atoms with E-state index in [2.05, 4.69) is 51.2 Å². The summed E-state index contributed by atoms with van der Waals surface area (Å²) in [6, 6.07) is 20.7. The third-order valence-electron chi connectivity index (χ3n) is 6.58. The molecule has 6 rings (SSSR count). The largest absolute Gasteiger partial charge is 0.331 e. The topological polar surface area (TPSA) is 53.8 Å². The molecule has 6 nitrogen and oxygen atoms in total. The molecule has 1 amide bonds. The van der Waals surface area contributed by atoms with E-state index in [4.69, 9.17) is 4.98 Å². The van der Waals surface area contributed by atoms with Crippen LogP contribution in [0.25, 0.3) is 10.2 Å². The summed E-state index contributed by atoms with van der Waals surface area (Å²) < 4.78 is 1.07. The molecule has 0 bridgehead atoms. The number of carbonyl (C=O) groups is 1. The van der Waals surface area contributed by atoms with Gasteiger partial charge in [0.2, 0.25) is 0 Å². The maximum atomic E-state index is 13.5. The zero-order valence-corrected chi connectivity index (χ0v) is 19.2. The van der Waals surface area contributed by atoms with Gasteiger partial charge < -0.3 is 9.80 Å². The van der Waals surface area contributed by atoms with Crippen LogP contribution in [0.4, 0.5) is 16.6 Å². The fourth-order valence-electron chi connectivity index (χ4n) is 4.86. The number of aromatic amines is 1. The molecule has 0 radical (unpaired) electrons. The number of aryl methyl sites for hydroxylation is 1. The van der Waals surface area contributed by atoms with Crippen molar-refractivity contribution in [3.8, 4) is 0 Å². The molecule has 2 aliphatic rings. The maximum absolute atomic E-state index is 13.5. The number of aromatic nitrogens is 2. The van der Waals surface area contributed by atoms with E-state index < -0.39 is 0 Å². The SMILES string of the molecule is O=C(c1cccc2sc(N3CCCc4ccccc43)nc12)N1CCN(c2cccc[nH+]2)CC1. The van der Waals surface area contributed by atoms with Crippen molar-refractivity contribution in [2.24, 2.45) is 0 Å². The van der Waals surface area contributed by atoms with Gasteiger partial charge in [0.15, 0.2) is 5.13 Å². The average molecular weight is 457 g/mol. The molecular weight excluding hydrogens is 430 g/mol. The number of piperazine rings is 1. The van der Waals surface area contributed by atoms with E-state index in [0.29, 0.717) is 18.7 Å². The highest BCUT2D eigenvalue weighted by Crippen LogP contribution is 2.38. The number of rotatable bonds is 3. The molecule has 1 N–H and O–H groups in total. The van der Waals surface area contributed by atoms with Gasteiger partial charge >= 0.3 is 0 Å². The lowest BCUT2D eigenvalue weighted by atomic mass is 10.0. The highest BCUT2D eigenvalue weighted by atomic mass is 32.1. The first-order valence-electron chi connectivity index (χ1n) is 11.5. The van der Waals surface area contributed by atoms with Gasteiger partial charge in [0.1, 0.15) is 13.1 Å². The second-order valence-corrected chi connectivity index (χ2v) is 9.57. The van der Waals surface area contributed by atoms with E-state index in [1.54, 1.807) is 11.3 Å². The normalized spacial score (nSPS) is 16.2. The molecule has 0 atom stereocenters. The third-order valence-corrected chi connectivity index (χ3v) is 7.62. The Kier molecular flexibility index (Phi) is 5.19. The predicted octanol–water partition coefficient (Wildman–Crippen LogP) is 4.16. The molecule has 33 heavy (non-hydrogen) atoms. The van der Waals surface area contributed by atoms with E-state index >= 15 is 0 Å². The Labute approximate surface area is 197 Å². The molecule has 166 valence electrons. The number of fused-ring (bicyclic) bond motifs is 2. The van der Waals surface area contributed by atoms with Gasteiger partial charge in [0.05, 0.1) is 35.1 Å². The highest BCUT2D eigenvalue weighted by Gasteiger charge is 2.29. The summed E-state index contributed by atoms with van der Waals surface area (Å²) in [7, 11) is 0. The maximum Gasteiger partial charge on any atom is 0.274 e. The highest BCUT2D eigenvalue weighted by molar-refractivity contribution is 7.22. The number of benzene rings is 2. The zero-order chi connectivity index (χ0) is 22.2. The van der Waals surface area contributed by atoms with Crippen LogP contribution in [0.15, 0.2) is 66.9 Å². The quantitative estimate of drug-likeness (QED) is 0.465. The van der Waals surface area contributed by atoms with Crippen molar-refractivity contribution < 1.29 is 9.78 Å². The minimum Gasteiger partial charge on any atom is -0.331 e. The molecule has 2 aromatic heterocycles. The second-order valence-electron chi connectivity index (χ2n) is 8.56. The van der Waals surface area contributed by atoms with Gasteiger partial charge in [-0.1, -0.05) is 41.7 Å². The molecule has 7 heteroatoms. The molecular formula is C26H26N5OS+. The second kappa shape index (κ2) is 8.48. The Balaban J connectivity index is 1.26. The number of pyridine rings is 1. The lowest BCUT2D eigenvalue weighted by Crippen LogP contribution is -2.50. The van der Waals surface area contributed by atoms with Crippen molar-refractivity contribution in [1.29, 1.82) is 0 Å². The molecule has 4 heterocycles. The van der Waals surface area contributed by atoms with Crippen LogP contribution in [-0.2, 0) is 6.42 Å². The van der Waals surface area contributed by atoms with Crippen LogP contribution in [0.5, 0.6) is 0 Å². The molecule has 4 aromatic rings. The third kappa shape index (κ3) is 3.72. The molecule has 1 saturated heterocycles. The summed E-state index contributed by atoms with van der Waals surface area (Å²) in [5.41, 5.74) is 4.14.